The molecule has 0 saturated carbocycles. The number of anilines is 2. The second-order valence-electron chi connectivity index (χ2n) is 4.42. The number of aromatic nitrogens is 4. The third-order valence-electron chi connectivity index (χ3n) is 2.67. The number of nitrogens with one attached hydrogen (secondary N) is 4. The van der Waals surface area contributed by atoms with E-state index in [2.05, 4.69) is 30.6 Å². The number of amides is 2. The molecule has 0 atom stereocenters. The zero-order chi connectivity index (χ0) is 14.3. The van der Waals surface area contributed by atoms with Crippen molar-refractivity contribution in [1.82, 2.24) is 19.9 Å². The molecule has 2 amide bonds. The van der Waals surface area contributed by atoms with Crippen LogP contribution in [0.3, 0.4) is 0 Å². The van der Waals surface area contributed by atoms with Crippen LogP contribution in [0.5, 0.6) is 0 Å². The lowest BCUT2D eigenvalue weighted by atomic mass is 10.3. The van der Waals surface area contributed by atoms with Crippen molar-refractivity contribution >= 4 is 45.8 Å². The van der Waals surface area contributed by atoms with Gasteiger partial charge in [-0.1, -0.05) is 0 Å². The highest BCUT2D eigenvalue weighted by molar-refractivity contribution is 5.96. The molecule has 0 radical (unpaired) electrons. The van der Waals surface area contributed by atoms with Gasteiger partial charge in [0.05, 0.1) is 22.1 Å². The molecule has 2 heterocycles. The summed E-state index contributed by atoms with van der Waals surface area (Å²) in [6.45, 7) is 2.83. The highest BCUT2D eigenvalue weighted by Gasteiger charge is 2.09. The highest BCUT2D eigenvalue weighted by atomic mass is 16.2. The van der Waals surface area contributed by atoms with Crippen LogP contribution >= 0.6 is 0 Å². The molecule has 0 unspecified atom stereocenters. The number of fused-ring (bicyclic) bond motifs is 2. The number of aromatic amines is 2. The molecule has 0 bridgehead atoms. The Kier molecular flexibility index (Phi) is 2.63. The Balaban J connectivity index is 2.05. The molecule has 0 aliphatic rings. The number of nitrogens with zero attached hydrogens (tertiary/aromatic N) is 2. The molecular formula is C12H12N6O2. The van der Waals surface area contributed by atoms with E-state index in [9.17, 15) is 9.59 Å². The second-order valence-corrected chi connectivity index (χ2v) is 4.42. The topological polar surface area (TPSA) is 116 Å². The van der Waals surface area contributed by atoms with Crippen LogP contribution in [0.1, 0.15) is 13.8 Å². The van der Waals surface area contributed by atoms with Crippen molar-refractivity contribution in [2.24, 2.45) is 0 Å². The Morgan fingerprint density at radius 3 is 1.75 bits per heavy atom. The SMILES string of the molecule is CC(=O)Nc1nc2cc3nc(NC(C)=O)[nH]c3cc2[nH]1. The van der Waals surface area contributed by atoms with Crippen LogP contribution in [-0.2, 0) is 9.59 Å². The van der Waals surface area contributed by atoms with Gasteiger partial charge in [0.1, 0.15) is 0 Å². The first kappa shape index (κ1) is 12.2. The van der Waals surface area contributed by atoms with Crippen LogP contribution in [0.4, 0.5) is 11.9 Å². The van der Waals surface area contributed by atoms with Gasteiger partial charge in [-0.3, -0.25) is 20.2 Å². The lowest BCUT2D eigenvalue weighted by Crippen LogP contribution is -2.06. The maximum atomic E-state index is 11.0. The molecule has 4 N–H and O–H groups in total. The minimum absolute atomic E-state index is 0.194. The molecule has 8 heteroatoms. The number of carbonyl (C=O) groups is 2. The van der Waals surface area contributed by atoms with Crippen LogP contribution in [0.15, 0.2) is 12.1 Å². The lowest BCUT2D eigenvalue weighted by Gasteiger charge is -1.93. The van der Waals surface area contributed by atoms with Gasteiger partial charge in [-0.15, -0.1) is 0 Å². The van der Waals surface area contributed by atoms with E-state index in [1.807, 2.05) is 6.07 Å². The monoisotopic (exact) mass is 272 g/mol. The van der Waals surface area contributed by atoms with Gasteiger partial charge < -0.3 is 9.97 Å². The van der Waals surface area contributed by atoms with Crippen LogP contribution in [0.2, 0.25) is 0 Å². The molecule has 3 aromatic rings. The van der Waals surface area contributed by atoms with Gasteiger partial charge in [0.2, 0.25) is 23.7 Å². The fraction of sp³-hybridized carbons (Fsp3) is 0.167. The molecule has 0 aliphatic heterocycles. The van der Waals surface area contributed by atoms with Gasteiger partial charge in [0.25, 0.3) is 0 Å². The van der Waals surface area contributed by atoms with E-state index < -0.39 is 0 Å². The Morgan fingerprint density at radius 2 is 1.35 bits per heavy atom. The Bertz CT molecular complexity index is 714. The van der Waals surface area contributed by atoms with Gasteiger partial charge in [-0.25, -0.2) is 9.97 Å². The minimum atomic E-state index is -0.194. The van der Waals surface area contributed by atoms with Crippen molar-refractivity contribution in [3.05, 3.63) is 12.1 Å². The van der Waals surface area contributed by atoms with E-state index >= 15 is 0 Å². The van der Waals surface area contributed by atoms with Crippen molar-refractivity contribution in [3.8, 4) is 0 Å². The van der Waals surface area contributed by atoms with E-state index in [0.29, 0.717) is 22.9 Å². The Hall–Kier alpha value is -2.90. The maximum Gasteiger partial charge on any atom is 0.223 e. The number of hydrogen-bond donors (Lipinski definition) is 4. The van der Waals surface area contributed by atoms with Crippen molar-refractivity contribution in [1.29, 1.82) is 0 Å². The first-order chi connectivity index (χ1) is 9.51. The zero-order valence-electron chi connectivity index (χ0n) is 10.9. The third kappa shape index (κ3) is 2.18. The van der Waals surface area contributed by atoms with Gasteiger partial charge in [0.15, 0.2) is 0 Å². The quantitative estimate of drug-likeness (QED) is 0.563. The molecule has 3 rings (SSSR count). The van der Waals surface area contributed by atoms with Crippen LogP contribution in [0.25, 0.3) is 22.1 Å². The summed E-state index contributed by atoms with van der Waals surface area (Å²) in [6.07, 6.45) is 0. The molecular weight excluding hydrogens is 260 g/mol. The van der Waals surface area contributed by atoms with Gasteiger partial charge >= 0.3 is 0 Å². The molecule has 20 heavy (non-hydrogen) atoms. The zero-order valence-corrected chi connectivity index (χ0v) is 10.9. The molecule has 0 saturated heterocycles. The second kappa shape index (κ2) is 4.34. The highest BCUT2D eigenvalue weighted by Crippen LogP contribution is 2.22. The number of hydrogen-bond acceptors (Lipinski definition) is 4. The number of carbonyl (C=O) groups excluding carboxylic acids is 2. The molecule has 2 aromatic heterocycles. The van der Waals surface area contributed by atoms with E-state index in [0.717, 1.165) is 11.0 Å². The number of imidazole rings is 2. The number of H-pyrrole nitrogens is 2. The van der Waals surface area contributed by atoms with Crippen LogP contribution < -0.4 is 10.6 Å². The largest absolute Gasteiger partial charge is 0.324 e. The molecule has 0 aliphatic carbocycles. The summed E-state index contributed by atoms with van der Waals surface area (Å²) >= 11 is 0. The van der Waals surface area contributed by atoms with Gasteiger partial charge in [0, 0.05) is 13.8 Å². The van der Waals surface area contributed by atoms with Gasteiger partial charge in [-0.2, -0.15) is 0 Å². The summed E-state index contributed by atoms with van der Waals surface area (Å²) in [5, 5.41) is 5.17. The van der Waals surface area contributed by atoms with Crippen molar-refractivity contribution < 1.29 is 9.59 Å². The standard InChI is InChI=1S/C12H12N6O2/c1-5(19)13-11-15-7-3-9-10(4-8(7)16-11)18-12(17-9)14-6(2)20/h3-4H,1-2H3,(H2,13,15,16,19)(H2,14,17,18,20). The predicted octanol–water partition coefficient (Wildman–Crippen LogP) is 1.36. The molecule has 1 aromatic carbocycles. The number of rotatable bonds is 2. The van der Waals surface area contributed by atoms with E-state index in [1.165, 1.54) is 13.8 Å². The van der Waals surface area contributed by atoms with Crippen molar-refractivity contribution in [2.75, 3.05) is 10.6 Å². The summed E-state index contributed by atoms with van der Waals surface area (Å²) < 4.78 is 0. The molecule has 8 nitrogen and oxygen atoms in total. The first-order valence-electron chi connectivity index (χ1n) is 5.96. The van der Waals surface area contributed by atoms with E-state index in [4.69, 9.17) is 0 Å². The van der Waals surface area contributed by atoms with Crippen molar-refractivity contribution in [3.63, 3.8) is 0 Å². The minimum Gasteiger partial charge on any atom is -0.324 e. The van der Waals surface area contributed by atoms with Crippen LogP contribution in [-0.4, -0.2) is 31.8 Å². The van der Waals surface area contributed by atoms with Crippen LogP contribution in [0, 0.1) is 0 Å². The fourth-order valence-corrected chi connectivity index (χ4v) is 1.97. The summed E-state index contributed by atoms with van der Waals surface area (Å²) in [6, 6.07) is 3.59. The molecule has 0 spiro atoms. The number of benzene rings is 1. The summed E-state index contributed by atoms with van der Waals surface area (Å²) in [4.78, 5) is 36.5. The normalized spacial score (nSPS) is 10.9. The summed E-state index contributed by atoms with van der Waals surface area (Å²) in [5.74, 6) is 0.394. The molecule has 102 valence electrons. The lowest BCUT2D eigenvalue weighted by molar-refractivity contribution is -0.115. The summed E-state index contributed by atoms with van der Waals surface area (Å²) in [5.41, 5.74) is 2.89. The molecule has 0 fully saturated rings. The Labute approximate surface area is 113 Å². The predicted molar refractivity (Wildman–Crippen MR) is 74.4 cm³/mol. The third-order valence-corrected chi connectivity index (χ3v) is 2.67. The van der Waals surface area contributed by atoms with Gasteiger partial charge in [-0.05, 0) is 12.1 Å². The smallest absolute Gasteiger partial charge is 0.223 e. The fourth-order valence-electron chi connectivity index (χ4n) is 1.97. The Morgan fingerprint density at radius 1 is 0.900 bits per heavy atom. The first-order valence-corrected chi connectivity index (χ1v) is 5.96. The summed E-state index contributed by atoms with van der Waals surface area (Å²) in [7, 11) is 0. The average molecular weight is 272 g/mol. The van der Waals surface area contributed by atoms with E-state index in [1.54, 1.807) is 6.07 Å². The van der Waals surface area contributed by atoms with Crippen molar-refractivity contribution in [2.45, 2.75) is 13.8 Å². The van der Waals surface area contributed by atoms with E-state index in [-0.39, 0.29) is 11.8 Å². The average Bonchev–Trinajstić information content (AvgIpc) is 2.84. The maximum absolute atomic E-state index is 11.0.